The number of rotatable bonds is 0. The van der Waals surface area contributed by atoms with Crippen molar-refractivity contribution in [3.8, 4) is 0 Å². The molecule has 0 atom stereocenters. The Hall–Kier alpha value is 0. The third kappa shape index (κ3) is 4.94. The van der Waals surface area contributed by atoms with Gasteiger partial charge in [-0.2, -0.15) is 0 Å². The van der Waals surface area contributed by atoms with Gasteiger partial charge in [0.25, 0.3) is 0 Å². The molecule has 0 amide bonds. The van der Waals surface area contributed by atoms with Crippen LogP contribution in [0.3, 0.4) is 0 Å². The lowest BCUT2D eigenvalue weighted by atomic mass is 9.25. The normalized spacial score (nSPS) is 42.4. The fourth-order valence-corrected chi connectivity index (χ4v) is 11.5. The van der Waals surface area contributed by atoms with E-state index in [9.17, 15) is 0 Å². The predicted octanol–water partition coefficient (Wildman–Crippen LogP) is 13.9. The minimum atomic E-state index is 0.510. The van der Waals surface area contributed by atoms with Gasteiger partial charge >= 0.3 is 0 Å². The van der Waals surface area contributed by atoms with Crippen LogP contribution in [0.25, 0.3) is 0 Å². The molecular formula is C42H78. The van der Waals surface area contributed by atoms with E-state index in [1.165, 1.54) is 77.0 Å². The first-order valence-electron chi connectivity index (χ1n) is 18.4. The monoisotopic (exact) mass is 583 g/mol. The smallest absolute Gasteiger partial charge is 0.0232 e. The molecule has 8 aliphatic carbocycles. The van der Waals surface area contributed by atoms with Gasteiger partial charge in [-0.3, -0.25) is 0 Å². The maximum atomic E-state index is 2.46. The number of hydrogen-bond donors (Lipinski definition) is 0. The first-order valence-corrected chi connectivity index (χ1v) is 18.4. The molecule has 0 N–H and O–H groups in total. The second kappa shape index (κ2) is 9.30. The van der Waals surface area contributed by atoms with E-state index in [0.717, 1.165) is 10.8 Å². The molecule has 0 radical (unpaired) electrons. The summed E-state index contributed by atoms with van der Waals surface area (Å²) < 4.78 is 0. The Morgan fingerprint density at radius 2 is 0.357 bits per heavy atom. The minimum absolute atomic E-state index is 0.510. The minimum Gasteiger partial charge on any atom is -0.0596 e. The highest BCUT2D eigenvalue weighted by molar-refractivity contribution is 5.24. The van der Waals surface area contributed by atoms with Gasteiger partial charge < -0.3 is 0 Å². The molecule has 246 valence electrons. The Morgan fingerprint density at radius 3 is 0.500 bits per heavy atom. The lowest BCUT2D eigenvalue weighted by molar-refractivity contribution is -0.302. The summed E-state index contributed by atoms with van der Waals surface area (Å²) in [6.45, 7) is 43.8. The van der Waals surface area contributed by atoms with Crippen LogP contribution >= 0.6 is 0 Å². The van der Waals surface area contributed by atoms with Crippen LogP contribution in [0.15, 0.2) is 0 Å². The van der Waals surface area contributed by atoms with Crippen molar-refractivity contribution in [1.29, 1.82) is 0 Å². The van der Waals surface area contributed by atoms with Crippen LogP contribution < -0.4 is 0 Å². The third-order valence-electron chi connectivity index (χ3n) is 16.9. The van der Waals surface area contributed by atoms with Gasteiger partial charge in [-0.15, -0.1) is 0 Å². The van der Waals surface area contributed by atoms with Crippen molar-refractivity contribution in [2.24, 2.45) is 65.0 Å². The molecule has 0 heterocycles. The number of fused-ring (bicyclic) bond motifs is 3. The molecule has 0 aromatic carbocycles. The van der Waals surface area contributed by atoms with Crippen molar-refractivity contribution in [3.63, 3.8) is 0 Å². The topological polar surface area (TPSA) is 0 Å². The van der Waals surface area contributed by atoms with E-state index in [4.69, 9.17) is 0 Å². The van der Waals surface area contributed by atoms with Crippen molar-refractivity contribution in [2.45, 2.75) is 202 Å². The molecule has 0 aromatic heterocycles. The second-order valence-electron chi connectivity index (χ2n) is 23.7. The Labute approximate surface area is 266 Å². The molecule has 0 aromatic rings. The molecule has 8 saturated carbocycles. The molecule has 6 bridgehead atoms. The lowest BCUT2D eigenvalue weighted by Crippen LogP contribution is -2.71. The molecular weight excluding hydrogens is 504 g/mol. The van der Waals surface area contributed by atoms with Crippen LogP contribution in [0.4, 0.5) is 0 Å². The van der Waals surface area contributed by atoms with Crippen LogP contribution in [0, 0.1) is 65.0 Å². The van der Waals surface area contributed by atoms with E-state index in [1.807, 2.05) is 0 Å². The molecule has 0 heteroatoms. The summed E-state index contributed by atoms with van der Waals surface area (Å²) in [6.07, 6.45) is 17.8. The highest BCUT2D eigenvalue weighted by atomic mass is 14.8. The quantitative estimate of drug-likeness (QED) is 0.266. The Bertz CT molecular complexity index is 893. The van der Waals surface area contributed by atoms with Gasteiger partial charge in [0.15, 0.2) is 0 Å². The van der Waals surface area contributed by atoms with Gasteiger partial charge in [0.2, 0.25) is 0 Å². The Morgan fingerprint density at radius 1 is 0.214 bits per heavy atom. The van der Waals surface area contributed by atoms with Crippen molar-refractivity contribution >= 4 is 0 Å². The van der Waals surface area contributed by atoms with E-state index in [2.05, 4.69) is 125 Å². The molecule has 8 fully saturated rings. The van der Waals surface area contributed by atoms with Gasteiger partial charge in [-0.05, 0) is 142 Å². The largest absolute Gasteiger partial charge is 0.0596 e. The molecule has 42 heavy (non-hydrogen) atoms. The molecule has 0 unspecified atom stereocenters. The molecule has 8 aliphatic rings. The first-order chi connectivity index (χ1) is 18.4. The van der Waals surface area contributed by atoms with E-state index >= 15 is 0 Å². The van der Waals surface area contributed by atoms with Gasteiger partial charge in [0.05, 0.1) is 0 Å². The zero-order chi connectivity index (χ0) is 32.5. The lowest BCUT2D eigenvalue weighted by Gasteiger charge is -2.80. The SMILES string of the molecule is CC(C)(C)C12CC(C(C)(C)C)(C1)C2.CC(C)(C)C12CCC(C(C)(C)C)(C1)C2.CC(C)(C)C12CCC(C(C)(C)C)(CC1)C2. The van der Waals surface area contributed by atoms with Gasteiger partial charge in [-0.25, -0.2) is 0 Å². The summed E-state index contributed by atoms with van der Waals surface area (Å²) in [5.41, 5.74) is 7.32. The zero-order valence-electron chi connectivity index (χ0n) is 32.5. The fraction of sp³-hybridized carbons (Fsp3) is 1.00. The zero-order valence-corrected chi connectivity index (χ0v) is 32.5. The van der Waals surface area contributed by atoms with Gasteiger partial charge in [-0.1, -0.05) is 125 Å². The van der Waals surface area contributed by atoms with Crippen LogP contribution in [0.1, 0.15) is 202 Å². The summed E-state index contributed by atoms with van der Waals surface area (Å²) in [5.74, 6) is 0. The van der Waals surface area contributed by atoms with E-state index in [-0.39, 0.29) is 0 Å². The summed E-state index contributed by atoms with van der Waals surface area (Å²) >= 11 is 0. The highest BCUT2D eigenvalue weighted by Gasteiger charge is 2.74. The summed E-state index contributed by atoms with van der Waals surface area (Å²) in [4.78, 5) is 0. The average Bonchev–Trinajstić information content (AvgIpc) is 3.40. The molecule has 0 spiro atoms. The average molecular weight is 583 g/mol. The molecule has 0 aliphatic heterocycles. The Balaban J connectivity index is 0.000000145. The van der Waals surface area contributed by atoms with E-state index in [1.54, 1.807) is 0 Å². The molecule has 0 nitrogen and oxygen atoms in total. The number of hydrogen-bond acceptors (Lipinski definition) is 0. The summed E-state index contributed by atoms with van der Waals surface area (Å²) in [5, 5.41) is 0. The van der Waals surface area contributed by atoms with Crippen LogP contribution in [-0.4, -0.2) is 0 Å². The van der Waals surface area contributed by atoms with Crippen molar-refractivity contribution < 1.29 is 0 Å². The maximum absolute atomic E-state index is 2.46. The van der Waals surface area contributed by atoms with Gasteiger partial charge in [0, 0.05) is 0 Å². The van der Waals surface area contributed by atoms with Crippen LogP contribution in [0.2, 0.25) is 0 Å². The van der Waals surface area contributed by atoms with Gasteiger partial charge in [0.1, 0.15) is 0 Å². The predicted molar refractivity (Wildman–Crippen MR) is 187 cm³/mol. The highest BCUT2D eigenvalue weighted by Crippen LogP contribution is 2.83. The maximum Gasteiger partial charge on any atom is -0.0232 e. The van der Waals surface area contributed by atoms with Crippen molar-refractivity contribution in [1.82, 2.24) is 0 Å². The van der Waals surface area contributed by atoms with E-state index in [0.29, 0.717) is 54.1 Å². The fourth-order valence-electron chi connectivity index (χ4n) is 11.5. The van der Waals surface area contributed by atoms with Crippen molar-refractivity contribution in [3.05, 3.63) is 0 Å². The first kappa shape index (κ1) is 34.9. The second-order valence-corrected chi connectivity index (χ2v) is 23.7. The summed E-state index contributed by atoms with van der Waals surface area (Å²) in [6, 6.07) is 0. The van der Waals surface area contributed by atoms with Crippen molar-refractivity contribution in [2.75, 3.05) is 0 Å². The Kier molecular flexibility index (Phi) is 7.72. The summed E-state index contributed by atoms with van der Waals surface area (Å²) in [7, 11) is 0. The van der Waals surface area contributed by atoms with Crippen LogP contribution in [-0.2, 0) is 0 Å². The van der Waals surface area contributed by atoms with E-state index < -0.39 is 0 Å². The van der Waals surface area contributed by atoms with Crippen LogP contribution in [0.5, 0.6) is 0 Å². The standard InChI is InChI=1S/C15H28.C14H26.C13H24/c1-12(2,3)14-7-9-15(11-14,10-8-14)13(4,5)6;1-11(2,3)13-7-8-14(9-13,10-13)12(4,5)6;1-10(2,3)12-7-13(8-12,9-12)11(4,5)6/h7-11H2,1-6H3;7-10H2,1-6H3;7-9H2,1-6H3. The molecule has 8 rings (SSSR count). The third-order valence-corrected chi connectivity index (χ3v) is 16.9. The molecule has 0 saturated heterocycles.